The van der Waals surface area contributed by atoms with E-state index in [1.54, 1.807) is 0 Å². The van der Waals surface area contributed by atoms with Crippen LogP contribution in [0, 0.1) is 6.92 Å². The van der Waals surface area contributed by atoms with Crippen LogP contribution in [0.15, 0.2) is 48.5 Å². The van der Waals surface area contributed by atoms with Crippen molar-refractivity contribution in [1.29, 1.82) is 0 Å². The van der Waals surface area contributed by atoms with Gasteiger partial charge >= 0.3 is 0 Å². The van der Waals surface area contributed by atoms with Gasteiger partial charge < -0.3 is 5.32 Å². The second-order valence-corrected chi connectivity index (χ2v) is 5.52. The summed E-state index contributed by atoms with van der Waals surface area (Å²) in [4.78, 5) is 0. The van der Waals surface area contributed by atoms with Gasteiger partial charge in [-0.25, -0.2) is 0 Å². The maximum absolute atomic E-state index is 4.46. The zero-order chi connectivity index (χ0) is 14.8. The van der Waals surface area contributed by atoms with E-state index in [0.717, 1.165) is 12.1 Å². The fourth-order valence-electron chi connectivity index (χ4n) is 3.00. The van der Waals surface area contributed by atoms with Crippen LogP contribution < -0.4 is 5.32 Å². The highest BCUT2D eigenvalue weighted by atomic mass is 15.3. The lowest BCUT2D eigenvalue weighted by molar-refractivity contribution is 0.538. The highest BCUT2D eigenvalue weighted by Crippen LogP contribution is 2.24. The van der Waals surface area contributed by atoms with Crippen molar-refractivity contribution < 1.29 is 0 Å². The SMILES string of the molecule is CNC(Cc1cccc2ccccc12)c1cc(C)nn1C. The van der Waals surface area contributed by atoms with Crippen LogP contribution in [0.25, 0.3) is 10.8 Å². The van der Waals surface area contributed by atoms with Gasteiger partial charge in [-0.3, -0.25) is 4.68 Å². The predicted octanol–water partition coefficient (Wildman–Crippen LogP) is 3.38. The molecule has 3 aromatic rings. The number of aromatic nitrogens is 2. The van der Waals surface area contributed by atoms with E-state index in [1.165, 1.54) is 22.0 Å². The molecule has 3 heteroatoms. The summed E-state index contributed by atoms with van der Waals surface area (Å²) < 4.78 is 1.97. The first-order valence-electron chi connectivity index (χ1n) is 7.33. The topological polar surface area (TPSA) is 29.9 Å². The molecule has 0 amide bonds. The fraction of sp³-hybridized carbons (Fsp3) is 0.278. The van der Waals surface area contributed by atoms with Gasteiger partial charge in [0.25, 0.3) is 0 Å². The van der Waals surface area contributed by atoms with Crippen molar-refractivity contribution in [2.45, 2.75) is 19.4 Å². The van der Waals surface area contributed by atoms with Crippen molar-refractivity contribution in [3.05, 3.63) is 65.5 Å². The Balaban J connectivity index is 1.98. The van der Waals surface area contributed by atoms with Gasteiger partial charge in [-0.1, -0.05) is 42.5 Å². The van der Waals surface area contributed by atoms with Crippen LogP contribution in [0.4, 0.5) is 0 Å². The number of rotatable bonds is 4. The molecule has 0 spiro atoms. The molecule has 0 radical (unpaired) electrons. The molecular formula is C18H21N3. The number of aryl methyl sites for hydroxylation is 2. The van der Waals surface area contributed by atoms with Crippen molar-refractivity contribution in [2.75, 3.05) is 7.05 Å². The lowest BCUT2D eigenvalue weighted by atomic mass is 9.97. The lowest BCUT2D eigenvalue weighted by Gasteiger charge is -2.17. The molecule has 2 aromatic carbocycles. The third kappa shape index (κ3) is 2.69. The minimum atomic E-state index is 0.266. The van der Waals surface area contributed by atoms with E-state index in [-0.39, 0.29) is 6.04 Å². The summed E-state index contributed by atoms with van der Waals surface area (Å²) in [5.41, 5.74) is 3.65. The highest BCUT2D eigenvalue weighted by molar-refractivity contribution is 5.85. The van der Waals surface area contributed by atoms with Gasteiger partial charge in [0.05, 0.1) is 17.4 Å². The molecule has 0 aliphatic carbocycles. The third-order valence-corrected chi connectivity index (χ3v) is 4.05. The van der Waals surface area contributed by atoms with E-state index in [9.17, 15) is 0 Å². The molecule has 1 heterocycles. The van der Waals surface area contributed by atoms with Gasteiger partial charge in [-0.05, 0) is 42.8 Å². The first-order chi connectivity index (χ1) is 10.2. The molecule has 0 aliphatic heterocycles. The Kier molecular flexibility index (Phi) is 3.76. The first-order valence-corrected chi connectivity index (χ1v) is 7.33. The zero-order valence-corrected chi connectivity index (χ0v) is 12.8. The van der Waals surface area contributed by atoms with E-state index in [0.29, 0.717) is 0 Å². The van der Waals surface area contributed by atoms with Crippen LogP contribution in [0.2, 0.25) is 0 Å². The summed E-state index contributed by atoms with van der Waals surface area (Å²) >= 11 is 0. The summed E-state index contributed by atoms with van der Waals surface area (Å²) in [6.07, 6.45) is 0.955. The van der Waals surface area contributed by atoms with E-state index >= 15 is 0 Å². The number of hydrogen-bond donors (Lipinski definition) is 1. The number of benzene rings is 2. The normalized spacial score (nSPS) is 12.7. The number of hydrogen-bond acceptors (Lipinski definition) is 2. The van der Waals surface area contributed by atoms with Crippen molar-refractivity contribution in [3.8, 4) is 0 Å². The van der Waals surface area contributed by atoms with E-state index in [4.69, 9.17) is 0 Å². The van der Waals surface area contributed by atoms with Gasteiger partial charge in [0.1, 0.15) is 0 Å². The van der Waals surface area contributed by atoms with Crippen LogP contribution in [0.3, 0.4) is 0 Å². The van der Waals surface area contributed by atoms with E-state index < -0.39 is 0 Å². The molecular weight excluding hydrogens is 258 g/mol. The fourth-order valence-corrected chi connectivity index (χ4v) is 3.00. The van der Waals surface area contributed by atoms with Gasteiger partial charge in [-0.2, -0.15) is 5.10 Å². The molecule has 1 atom stereocenters. The van der Waals surface area contributed by atoms with Crippen molar-refractivity contribution >= 4 is 10.8 Å². The molecule has 21 heavy (non-hydrogen) atoms. The Hall–Kier alpha value is -2.13. The van der Waals surface area contributed by atoms with Crippen LogP contribution in [-0.2, 0) is 13.5 Å². The minimum Gasteiger partial charge on any atom is -0.311 e. The number of likely N-dealkylation sites (N-methyl/N-ethyl adjacent to an activating group) is 1. The van der Waals surface area contributed by atoms with Crippen LogP contribution >= 0.6 is 0 Å². The average Bonchev–Trinajstić information content (AvgIpc) is 2.83. The zero-order valence-electron chi connectivity index (χ0n) is 12.8. The Morgan fingerprint density at radius 2 is 1.90 bits per heavy atom. The summed E-state index contributed by atoms with van der Waals surface area (Å²) in [6.45, 7) is 2.04. The highest BCUT2D eigenvalue weighted by Gasteiger charge is 2.16. The second kappa shape index (κ2) is 5.70. The van der Waals surface area contributed by atoms with Crippen molar-refractivity contribution in [2.24, 2.45) is 7.05 Å². The average molecular weight is 279 g/mol. The summed E-state index contributed by atoms with van der Waals surface area (Å²) in [5.74, 6) is 0. The van der Waals surface area contributed by atoms with Gasteiger partial charge in [0.2, 0.25) is 0 Å². The van der Waals surface area contributed by atoms with Crippen LogP contribution in [-0.4, -0.2) is 16.8 Å². The standard InChI is InChI=1S/C18H21N3/c1-13-11-18(21(3)20-13)17(19-2)12-15-9-6-8-14-7-4-5-10-16(14)15/h4-11,17,19H,12H2,1-3H3. The van der Waals surface area contributed by atoms with Gasteiger partial charge in [-0.15, -0.1) is 0 Å². The molecule has 0 saturated carbocycles. The van der Waals surface area contributed by atoms with Crippen LogP contribution in [0.5, 0.6) is 0 Å². The molecule has 0 bridgehead atoms. The third-order valence-electron chi connectivity index (χ3n) is 4.05. The summed E-state index contributed by atoms with van der Waals surface area (Å²) in [5, 5.41) is 10.5. The number of nitrogens with one attached hydrogen (secondary N) is 1. The second-order valence-electron chi connectivity index (χ2n) is 5.52. The van der Waals surface area contributed by atoms with E-state index in [1.807, 2.05) is 25.7 Å². The lowest BCUT2D eigenvalue weighted by Crippen LogP contribution is -2.21. The Bertz CT molecular complexity index is 753. The Morgan fingerprint density at radius 3 is 2.62 bits per heavy atom. The van der Waals surface area contributed by atoms with Gasteiger partial charge in [0, 0.05) is 7.05 Å². The Morgan fingerprint density at radius 1 is 1.14 bits per heavy atom. The maximum atomic E-state index is 4.46. The van der Waals surface area contributed by atoms with Crippen molar-refractivity contribution in [1.82, 2.24) is 15.1 Å². The van der Waals surface area contributed by atoms with Crippen molar-refractivity contribution in [3.63, 3.8) is 0 Å². The molecule has 108 valence electrons. The monoisotopic (exact) mass is 279 g/mol. The number of nitrogens with zero attached hydrogens (tertiary/aromatic N) is 2. The smallest absolute Gasteiger partial charge is 0.0597 e. The molecule has 0 fully saturated rings. The quantitative estimate of drug-likeness (QED) is 0.793. The molecule has 0 aliphatic rings. The van der Waals surface area contributed by atoms with Crippen LogP contribution in [0.1, 0.15) is 23.0 Å². The summed E-state index contributed by atoms with van der Waals surface area (Å²) in [7, 11) is 4.02. The largest absolute Gasteiger partial charge is 0.311 e. The first kappa shape index (κ1) is 13.8. The van der Waals surface area contributed by atoms with Gasteiger partial charge in [0.15, 0.2) is 0 Å². The summed E-state index contributed by atoms with van der Waals surface area (Å²) in [6, 6.07) is 17.5. The minimum absolute atomic E-state index is 0.266. The Labute approximate surface area is 125 Å². The van der Waals surface area contributed by atoms with E-state index in [2.05, 4.69) is 58.9 Å². The molecule has 1 N–H and O–H groups in total. The molecule has 0 saturated heterocycles. The molecule has 1 unspecified atom stereocenters. The molecule has 3 nitrogen and oxygen atoms in total. The maximum Gasteiger partial charge on any atom is 0.0597 e. The molecule has 3 rings (SSSR count). The predicted molar refractivity (Wildman–Crippen MR) is 87.4 cm³/mol. The number of fused-ring (bicyclic) bond motifs is 1. The molecule has 1 aromatic heterocycles.